The van der Waals surface area contributed by atoms with Gasteiger partial charge >= 0.3 is 23.9 Å². The number of nitrogens with two attached hydrogens (primary N) is 1. The van der Waals surface area contributed by atoms with Crippen molar-refractivity contribution in [3.05, 3.63) is 0 Å². The van der Waals surface area contributed by atoms with Crippen LogP contribution in [0.4, 0.5) is 0 Å². The van der Waals surface area contributed by atoms with Gasteiger partial charge in [-0.2, -0.15) is 0 Å². The molecule has 0 aromatic carbocycles. The molecule has 1 aliphatic rings. The van der Waals surface area contributed by atoms with Gasteiger partial charge in [-0.1, -0.05) is 41.5 Å². The number of amides is 1. The Balaban J connectivity index is 3.49. The van der Waals surface area contributed by atoms with Crippen molar-refractivity contribution < 1.29 is 47.7 Å². The van der Waals surface area contributed by atoms with Gasteiger partial charge < -0.3 is 34.7 Å². The van der Waals surface area contributed by atoms with Crippen molar-refractivity contribution in [2.24, 2.45) is 11.7 Å². The molecule has 0 aliphatic carbocycles. The Morgan fingerprint density at radius 1 is 0.769 bits per heavy atom. The van der Waals surface area contributed by atoms with Gasteiger partial charge in [-0.25, -0.2) is 0 Å². The van der Waals surface area contributed by atoms with E-state index in [0.29, 0.717) is 25.7 Å². The lowest BCUT2D eigenvalue weighted by molar-refractivity contribution is -0.272. The molecule has 0 aromatic rings. The highest BCUT2D eigenvalue weighted by atomic mass is 16.7. The number of hydrogen-bond donors (Lipinski definition) is 2. The maximum Gasteiger partial charge on any atom is 0.323 e. The molecule has 0 spiro atoms. The second-order valence-electron chi connectivity index (χ2n) is 9.93. The summed E-state index contributed by atoms with van der Waals surface area (Å²) in [4.78, 5) is 62.9. The summed E-state index contributed by atoms with van der Waals surface area (Å²) < 4.78 is 28.4. The molecule has 1 aliphatic heterocycles. The van der Waals surface area contributed by atoms with Gasteiger partial charge in [-0.05, 0) is 31.6 Å². The predicted octanol–water partition coefficient (Wildman–Crippen LogP) is 2.29. The first kappa shape index (κ1) is 34.3. The molecule has 0 bridgehead atoms. The minimum atomic E-state index is -1.41. The Morgan fingerprint density at radius 3 is 1.74 bits per heavy atom. The van der Waals surface area contributed by atoms with Crippen molar-refractivity contribution >= 4 is 29.8 Å². The van der Waals surface area contributed by atoms with Gasteiger partial charge in [0.25, 0.3) is 0 Å². The predicted molar refractivity (Wildman–Crippen MR) is 140 cm³/mol. The molecule has 12 nitrogen and oxygen atoms in total. The van der Waals surface area contributed by atoms with Crippen molar-refractivity contribution in [3.8, 4) is 0 Å². The topological polar surface area (TPSA) is 170 Å². The lowest BCUT2D eigenvalue weighted by Gasteiger charge is -2.44. The molecular weight excluding hydrogens is 512 g/mol. The zero-order valence-electron chi connectivity index (χ0n) is 24.1. The summed E-state index contributed by atoms with van der Waals surface area (Å²) in [5.74, 6) is -3.11. The normalized spacial score (nSPS) is 23.4. The molecule has 1 heterocycles. The van der Waals surface area contributed by atoms with E-state index in [-0.39, 0.29) is 31.6 Å². The molecule has 6 atom stereocenters. The van der Waals surface area contributed by atoms with E-state index < -0.39 is 73.1 Å². The van der Waals surface area contributed by atoms with Crippen LogP contribution in [0, 0.1) is 5.92 Å². The minimum absolute atomic E-state index is 0.0613. The molecule has 0 radical (unpaired) electrons. The second kappa shape index (κ2) is 17.8. The van der Waals surface area contributed by atoms with Crippen LogP contribution in [-0.2, 0) is 47.7 Å². The van der Waals surface area contributed by atoms with Crippen LogP contribution < -0.4 is 11.1 Å². The van der Waals surface area contributed by atoms with E-state index in [4.69, 9.17) is 29.4 Å². The molecule has 224 valence electrons. The molecule has 1 saturated heterocycles. The summed E-state index contributed by atoms with van der Waals surface area (Å²) in [6.45, 7) is 10.3. The fourth-order valence-electron chi connectivity index (χ4n) is 3.81. The van der Waals surface area contributed by atoms with Gasteiger partial charge in [0.15, 0.2) is 12.2 Å². The fourth-order valence-corrected chi connectivity index (χ4v) is 3.81. The first-order valence-corrected chi connectivity index (χ1v) is 13.9. The Labute approximate surface area is 230 Å². The Kier molecular flexibility index (Phi) is 15.6. The van der Waals surface area contributed by atoms with Crippen LogP contribution in [0.15, 0.2) is 0 Å². The van der Waals surface area contributed by atoms with Crippen molar-refractivity contribution in [3.63, 3.8) is 0 Å². The van der Waals surface area contributed by atoms with E-state index in [1.165, 1.54) is 0 Å². The highest BCUT2D eigenvalue weighted by Gasteiger charge is 2.52. The summed E-state index contributed by atoms with van der Waals surface area (Å²) in [6, 6.07) is -2.10. The highest BCUT2D eigenvalue weighted by molar-refractivity contribution is 5.77. The van der Waals surface area contributed by atoms with Crippen molar-refractivity contribution in [2.45, 2.75) is 130 Å². The van der Waals surface area contributed by atoms with E-state index in [1.54, 1.807) is 34.6 Å². The smallest absolute Gasteiger partial charge is 0.323 e. The maximum absolute atomic E-state index is 12.7. The van der Waals surface area contributed by atoms with Gasteiger partial charge in [0, 0.05) is 25.7 Å². The molecule has 1 unspecified atom stereocenters. The molecule has 1 rings (SSSR count). The second-order valence-corrected chi connectivity index (χ2v) is 9.93. The molecule has 0 aromatic heterocycles. The summed E-state index contributed by atoms with van der Waals surface area (Å²) in [5.41, 5.74) is 5.90. The van der Waals surface area contributed by atoms with E-state index in [9.17, 15) is 24.0 Å². The van der Waals surface area contributed by atoms with Crippen molar-refractivity contribution in [1.82, 2.24) is 5.32 Å². The molecule has 3 N–H and O–H groups in total. The van der Waals surface area contributed by atoms with Gasteiger partial charge in [-0.3, -0.25) is 24.0 Å². The summed E-state index contributed by atoms with van der Waals surface area (Å²) >= 11 is 0. The molecule has 1 fully saturated rings. The number of rotatable bonds is 16. The molecule has 39 heavy (non-hydrogen) atoms. The van der Waals surface area contributed by atoms with Crippen LogP contribution in [0.2, 0.25) is 0 Å². The van der Waals surface area contributed by atoms with Crippen LogP contribution in [0.25, 0.3) is 0 Å². The first-order valence-electron chi connectivity index (χ1n) is 13.9. The monoisotopic (exact) mass is 558 g/mol. The summed E-state index contributed by atoms with van der Waals surface area (Å²) in [7, 11) is 0. The third-order valence-corrected chi connectivity index (χ3v) is 5.98. The molecule has 0 saturated carbocycles. The largest absolute Gasteiger partial charge is 0.462 e. The molecule has 12 heteroatoms. The first-order chi connectivity index (χ1) is 18.5. The van der Waals surface area contributed by atoms with Crippen LogP contribution >= 0.6 is 0 Å². The lowest BCUT2D eigenvalue weighted by atomic mass is 9.95. The van der Waals surface area contributed by atoms with Gasteiger partial charge in [0.2, 0.25) is 12.2 Å². The Morgan fingerprint density at radius 2 is 1.26 bits per heavy atom. The Bertz CT molecular complexity index is 818. The maximum atomic E-state index is 12.7. The number of carbonyl (C=O) groups is 5. The fraction of sp³-hybridized carbons (Fsp3) is 0.815. The van der Waals surface area contributed by atoms with Crippen molar-refractivity contribution in [1.29, 1.82) is 0 Å². The number of nitrogens with one attached hydrogen (secondary N) is 1. The lowest BCUT2D eigenvalue weighted by Crippen LogP contribution is -2.67. The number of esters is 4. The summed E-state index contributed by atoms with van der Waals surface area (Å²) in [6.07, 6.45) is -2.80. The SMILES string of the molecule is CCCC(=O)N[C@H]1C(OC(=O)CCC)O[C@H](COC(=O)[C@@H](N)C(C)C)[C@@H](OC(=O)CCC)[C@@H]1OC(=O)CCC. The average molecular weight is 559 g/mol. The third-order valence-electron chi connectivity index (χ3n) is 5.98. The van der Waals surface area contributed by atoms with E-state index >= 15 is 0 Å². The van der Waals surface area contributed by atoms with E-state index in [1.807, 2.05) is 6.92 Å². The van der Waals surface area contributed by atoms with Gasteiger partial charge in [0.05, 0.1) is 0 Å². The highest BCUT2D eigenvalue weighted by Crippen LogP contribution is 2.29. The number of ether oxygens (including phenoxy) is 5. The zero-order valence-corrected chi connectivity index (χ0v) is 24.1. The Hall–Kier alpha value is -2.73. The zero-order chi connectivity index (χ0) is 29.5. The summed E-state index contributed by atoms with van der Waals surface area (Å²) in [5, 5.41) is 2.73. The van der Waals surface area contributed by atoms with Gasteiger partial charge in [0.1, 0.15) is 24.8 Å². The average Bonchev–Trinajstić information content (AvgIpc) is 2.86. The quantitative estimate of drug-likeness (QED) is 0.210. The van der Waals surface area contributed by atoms with Crippen LogP contribution in [0.5, 0.6) is 0 Å². The molecular formula is C27H46N2O10. The van der Waals surface area contributed by atoms with E-state index in [2.05, 4.69) is 5.32 Å². The van der Waals surface area contributed by atoms with Crippen LogP contribution in [0.1, 0.15) is 92.9 Å². The molecule has 1 amide bonds. The van der Waals surface area contributed by atoms with Crippen molar-refractivity contribution in [2.75, 3.05) is 6.61 Å². The number of carbonyl (C=O) groups excluding carboxylic acids is 5. The van der Waals surface area contributed by atoms with E-state index in [0.717, 1.165) is 0 Å². The minimum Gasteiger partial charge on any atom is -0.462 e. The number of hydrogen-bond acceptors (Lipinski definition) is 11. The van der Waals surface area contributed by atoms with Crippen LogP contribution in [0.3, 0.4) is 0 Å². The third kappa shape index (κ3) is 11.5. The van der Waals surface area contributed by atoms with Crippen LogP contribution in [-0.4, -0.2) is 73.1 Å². The standard InChI is InChI=1S/C27H46N2O10/c1-7-11-18(30)29-23-25(38-20(32)13-9-3)24(37-19(31)12-8-2)17(15-35-26(34)22(28)16(5)6)36-27(23)39-21(33)14-10-4/h16-17,22-25,27H,7-15,28H2,1-6H3,(H,29,30)/t17-,22+,23-,24-,25-,27?/m1/s1. The van der Waals surface area contributed by atoms with Gasteiger partial charge in [-0.15, -0.1) is 0 Å².